The van der Waals surface area contributed by atoms with Crippen LogP contribution < -0.4 is 10.1 Å². The second-order valence-corrected chi connectivity index (χ2v) is 16.5. The Balaban J connectivity index is 0.000000431. The Hall–Kier alpha value is -6.76. The van der Waals surface area contributed by atoms with E-state index in [0.29, 0.717) is 29.6 Å². The van der Waals surface area contributed by atoms with Crippen molar-refractivity contribution in [2.24, 2.45) is 0 Å². The Kier molecular flexibility index (Phi) is 31.1. The molecule has 0 amide bonds. The van der Waals surface area contributed by atoms with Gasteiger partial charge in [0.15, 0.2) is 17.2 Å². The van der Waals surface area contributed by atoms with Crippen LogP contribution in [0.3, 0.4) is 0 Å². The standard InChI is InChI=1S/C11H12N2.C10H14N2O.C10H12N2.2C9H11N3.5C2H6/c1-8(2)9-4-6-13-11-7-12-5-3-10(9)11;1-7(2)8-3-4-11-10-9(8)13-6-5-12-10;1-8(2)9-5-6-11-12-7-3-4-10(9)12;1-7(2)8-5-10-6-12-4-3-11-9(8)12;1-7(2)8-3-4-11-12-6-5-10-9(8)12;5*1-2/h3-8H,1-2H3;3-4,7H,5-6H2,1-2H3,(H,11,12);3-8H,1-2H3;2*3-7H,1-2H3;5*1-2H3. The lowest BCUT2D eigenvalue weighted by molar-refractivity contribution is 0.316. The first-order valence-corrected chi connectivity index (χ1v) is 26.5. The number of fused-ring (bicyclic) bond motifs is 5. The van der Waals surface area contributed by atoms with Gasteiger partial charge in [-0.05, 0) is 83.2 Å². The number of hydrogen-bond acceptors (Lipinski definition) is 10. The van der Waals surface area contributed by atoms with E-state index in [4.69, 9.17) is 4.74 Å². The fraction of sp³-hybridized carbons (Fsp3) is 0.458. The highest BCUT2D eigenvalue weighted by molar-refractivity contribution is 5.81. The van der Waals surface area contributed by atoms with E-state index in [0.717, 1.165) is 41.5 Å². The van der Waals surface area contributed by atoms with E-state index >= 15 is 0 Å². The third kappa shape index (κ3) is 18.4. The molecule has 13 nitrogen and oxygen atoms in total. The molecule has 0 spiro atoms. The first kappa shape index (κ1) is 63.3. The van der Waals surface area contributed by atoms with Crippen molar-refractivity contribution in [3.63, 3.8) is 0 Å². The van der Waals surface area contributed by atoms with Crippen LogP contribution in [0.15, 0.2) is 123 Å². The summed E-state index contributed by atoms with van der Waals surface area (Å²) in [4.78, 5) is 25.2. The zero-order chi connectivity index (χ0) is 54.2. The molecule has 0 unspecified atom stereocenters. The van der Waals surface area contributed by atoms with Crippen molar-refractivity contribution in [1.29, 1.82) is 0 Å². The summed E-state index contributed by atoms with van der Waals surface area (Å²) < 4.78 is 11.2. The van der Waals surface area contributed by atoms with E-state index in [2.05, 4.69) is 133 Å². The van der Waals surface area contributed by atoms with E-state index in [1.807, 2.05) is 158 Å². The minimum absolute atomic E-state index is 0.476. The van der Waals surface area contributed by atoms with Gasteiger partial charge in [-0.1, -0.05) is 138 Å². The molecule has 1 aliphatic heterocycles. The van der Waals surface area contributed by atoms with Gasteiger partial charge in [0.2, 0.25) is 0 Å². The Morgan fingerprint density at radius 2 is 1.03 bits per heavy atom. The second-order valence-electron chi connectivity index (χ2n) is 16.5. The smallest absolute Gasteiger partial charge is 0.169 e. The number of pyridine rings is 3. The molecule has 0 bridgehead atoms. The van der Waals surface area contributed by atoms with Crippen LogP contribution in [0.2, 0.25) is 0 Å². The van der Waals surface area contributed by atoms with Crippen LogP contribution in [0.25, 0.3) is 27.7 Å². The number of imidazole rings is 2. The number of ether oxygens (including phenoxy) is 1. The molecule has 13 heteroatoms. The van der Waals surface area contributed by atoms with Crippen molar-refractivity contribution in [2.45, 2.75) is 168 Å². The molecule has 10 rings (SSSR count). The maximum absolute atomic E-state index is 5.59. The van der Waals surface area contributed by atoms with Crippen LogP contribution in [0.4, 0.5) is 5.82 Å². The molecular weight excluding hydrogens is 893 g/mol. The highest BCUT2D eigenvalue weighted by Crippen LogP contribution is 2.33. The van der Waals surface area contributed by atoms with E-state index in [9.17, 15) is 0 Å². The molecule has 0 aromatic carbocycles. The number of rotatable bonds is 5. The van der Waals surface area contributed by atoms with Gasteiger partial charge in [0.1, 0.15) is 18.6 Å². The molecule has 0 radical (unpaired) electrons. The largest absolute Gasteiger partial charge is 0.488 e. The molecule has 0 saturated heterocycles. The third-order valence-corrected chi connectivity index (χ3v) is 10.4. The van der Waals surface area contributed by atoms with Crippen LogP contribution in [0.1, 0.15) is 196 Å². The first-order valence-electron chi connectivity index (χ1n) is 26.5. The number of hydrogen-bond donors (Lipinski definition) is 1. The van der Waals surface area contributed by atoms with E-state index in [1.54, 1.807) is 29.4 Å². The maximum Gasteiger partial charge on any atom is 0.169 e. The summed E-state index contributed by atoms with van der Waals surface area (Å²) in [6, 6.07) is 14.4. The molecular formula is C59H90N12O. The monoisotopic (exact) mass is 983 g/mol. The van der Waals surface area contributed by atoms with Gasteiger partial charge in [0.25, 0.3) is 0 Å². The van der Waals surface area contributed by atoms with Crippen molar-refractivity contribution in [2.75, 3.05) is 18.5 Å². The van der Waals surface area contributed by atoms with Crippen LogP contribution in [-0.2, 0) is 0 Å². The van der Waals surface area contributed by atoms with Crippen LogP contribution >= 0.6 is 0 Å². The molecule has 0 atom stereocenters. The van der Waals surface area contributed by atoms with Gasteiger partial charge >= 0.3 is 0 Å². The fourth-order valence-corrected chi connectivity index (χ4v) is 7.09. The topological polar surface area (TPSA) is 138 Å². The molecule has 0 fully saturated rings. The molecule has 9 aromatic rings. The highest BCUT2D eigenvalue weighted by atomic mass is 16.5. The zero-order valence-corrected chi connectivity index (χ0v) is 47.7. The lowest BCUT2D eigenvalue weighted by Gasteiger charge is -2.21. The predicted molar refractivity (Wildman–Crippen MR) is 306 cm³/mol. The summed E-state index contributed by atoms with van der Waals surface area (Å²) in [6.07, 6.45) is 23.9. The van der Waals surface area contributed by atoms with E-state index in [-0.39, 0.29) is 0 Å². The summed E-state index contributed by atoms with van der Waals surface area (Å²) in [5, 5.41) is 12.8. The number of nitrogens with one attached hydrogen (secondary N) is 1. The molecule has 1 aliphatic rings. The van der Waals surface area contributed by atoms with Gasteiger partial charge in [0.05, 0.1) is 23.8 Å². The summed E-state index contributed by atoms with van der Waals surface area (Å²) in [5.74, 6) is 4.37. The van der Waals surface area contributed by atoms with Gasteiger partial charge in [-0.3, -0.25) is 14.4 Å². The quantitative estimate of drug-likeness (QED) is 0.177. The van der Waals surface area contributed by atoms with Crippen LogP contribution in [0, 0.1) is 0 Å². The first-order chi connectivity index (χ1) is 34.9. The number of aromatic nitrogens is 11. The molecule has 392 valence electrons. The van der Waals surface area contributed by atoms with E-state index in [1.165, 1.54) is 38.7 Å². The van der Waals surface area contributed by atoms with Gasteiger partial charge in [-0.15, -0.1) is 0 Å². The van der Waals surface area contributed by atoms with Gasteiger partial charge < -0.3 is 10.1 Å². The molecule has 9 aromatic heterocycles. The van der Waals surface area contributed by atoms with Crippen molar-refractivity contribution in [3.05, 3.63) is 151 Å². The normalized spacial score (nSPS) is 10.7. The Morgan fingerprint density at radius 1 is 0.472 bits per heavy atom. The van der Waals surface area contributed by atoms with Crippen molar-refractivity contribution in [1.82, 2.24) is 53.5 Å². The van der Waals surface area contributed by atoms with Crippen LogP contribution in [0.5, 0.6) is 5.75 Å². The van der Waals surface area contributed by atoms with Gasteiger partial charge in [-0.25, -0.2) is 29.0 Å². The number of nitrogens with zero attached hydrogens (tertiary/aromatic N) is 11. The summed E-state index contributed by atoms with van der Waals surface area (Å²) >= 11 is 0. The SMILES string of the molecule is CC.CC.CC.CC.CC.CC(C)c1ccnc2c1OCCN2.CC(C)c1ccnc2cnccc12.CC(C)c1ccnn2cccc12.CC(C)c1ccnn2ccnc12.CC(C)c1cncn2ccnc12. The molecule has 72 heavy (non-hydrogen) atoms. The zero-order valence-electron chi connectivity index (χ0n) is 47.7. The molecule has 1 N–H and O–H groups in total. The Bertz CT molecular complexity index is 2590. The summed E-state index contributed by atoms with van der Waals surface area (Å²) in [5.41, 5.74) is 10.5. The minimum atomic E-state index is 0.476. The predicted octanol–water partition coefficient (Wildman–Crippen LogP) is 16.1. The molecule has 10 heterocycles. The second kappa shape index (κ2) is 35.4. The fourth-order valence-electron chi connectivity index (χ4n) is 7.09. The number of anilines is 1. The highest BCUT2D eigenvalue weighted by Gasteiger charge is 2.16. The lowest BCUT2D eigenvalue weighted by Crippen LogP contribution is -2.20. The van der Waals surface area contributed by atoms with Crippen LogP contribution in [-0.4, -0.2) is 66.7 Å². The third-order valence-electron chi connectivity index (χ3n) is 10.4. The minimum Gasteiger partial charge on any atom is -0.488 e. The van der Waals surface area contributed by atoms with Crippen molar-refractivity contribution < 1.29 is 4.74 Å². The van der Waals surface area contributed by atoms with Crippen molar-refractivity contribution in [3.8, 4) is 5.75 Å². The maximum atomic E-state index is 5.59. The van der Waals surface area contributed by atoms with E-state index < -0.39 is 0 Å². The van der Waals surface area contributed by atoms with Gasteiger partial charge in [0, 0.05) is 90.2 Å². The Labute approximate surface area is 433 Å². The average Bonchev–Trinajstić information content (AvgIpc) is 4.24. The molecule has 0 aliphatic carbocycles. The average molecular weight is 983 g/mol. The molecule has 0 saturated carbocycles. The van der Waals surface area contributed by atoms with Gasteiger partial charge in [-0.2, -0.15) is 10.2 Å². The Morgan fingerprint density at radius 3 is 1.67 bits per heavy atom. The lowest BCUT2D eigenvalue weighted by atomic mass is 10.0. The van der Waals surface area contributed by atoms with Crippen molar-refractivity contribution >= 4 is 33.5 Å². The summed E-state index contributed by atoms with van der Waals surface area (Å²) in [7, 11) is 0. The summed E-state index contributed by atoms with van der Waals surface area (Å²) in [6.45, 7) is 43.3.